The van der Waals surface area contributed by atoms with E-state index in [2.05, 4.69) is 20.6 Å². The zero-order chi connectivity index (χ0) is 19.5. The molecule has 27 heavy (non-hydrogen) atoms. The van der Waals surface area contributed by atoms with Crippen LogP contribution in [0.15, 0.2) is 53.8 Å². The van der Waals surface area contributed by atoms with Crippen LogP contribution in [0.25, 0.3) is 0 Å². The van der Waals surface area contributed by atoms with Gasteiger partial charge in [0.25, 0.3) is 5.91 Å². The van der Waals surface area contributed by atoms with Crippen molar-refractivity contribution < 1.29 is 9.53 Å². The molecule has 2 rings (SSSR count). The Labute approximate surface area is 160 Å². The summed E-state index contributed by atoms with van der Waals surface area (Å²) in [4.78, 5) is 22.1. The number of guanidine groups is 1. The minimum atomic E-state index is -0.00586. The molecule has 0 aliphatic heterocycles. The normalized spacial score (nSPS) is 11.0. The van der Waals surface area contributed by atoms with E-state index in [-0.39, 0.29) is 5.91 Å². The maximum absolute atomic E-state index is 11.9. The number of carbonyl (C=O) groups is 1. The highest BCUT2D eigenvalue weighted by Gasteiger charge is 2.07. The van der Waals surface area contributed by atoms with Gasteiger partial charge in [-0.25, -0.2) is 4.99 Å². The van der Waals surface area contributed by atoms with Crippen molar-refractivity contribution in [2.75, 3.05) is 33.8 Å². The lowest BCUT2D eigenvalue weighted by atomic mass is 10.1. The Morgan fingerprint density at radius 2 is 1.96 bits per heavy atom. The van der Waals surface area contributed by atoms with Crippen molar-refractivity contribution in [3.05, 3.63) is 59.9 Å². The molecule has 0 spiro atoms. The highest BCUT2D eigenvalue weighted by atomic mass is 16.5. The molecule has 0 saturated heterocycles. The van der Waals surface area contributed by atoms with Gasteiger partial charge in [-0.05, 0) is 36.8 Å². The van der Waals surface area contributed by atoms with E-state index in [0.717, 1.165) is 23.8 Å². The maximum Gasteiger partial charge on any atom is 0.253 e. The number of hydrogen-bond acceptors (Lipinski definition) is 4. The van der Waals surface area contributed by atoms with E-state index in [0.29, 0.717) is 25.3 Å². The molecule has 7 heteroatoms. The number of hydrogen-bond donors (Lipinski definition) is 2. The Bertz CT molecular complexity index is 730. The topological polar surface area (TPSA) is 78.9 Å². The lowest BCUT2D eigenvalue weighted by Crippen LogP contribution is -2.39. The number of nitrogens with one attached hydrogen (secondary N) is 2. The summed E-state index contributed by atoms with van der Waals surface area (Å²) in [5, 5.41) is 6.44. The lowest BCUT2D eigenvalue weighted by Gasteiger charge is -2.12. The van der Waals surface area contributed by atoms with Crippen LogP contribution in [0.4, 0.5) is 0 Å². The van der Waals surface area contributed by atoms with Crippen molar-refractivity contribution in [1.82, 2.24) is 20.5 Å². The molecule has 1 aromatic heterocycles. The van der Waals surface area contributed by atoms with E-state index in [1.807, 2.05) is 43.3 Å². The van der Waals surface area contributed by atoms with Crippen LogP contribution in [0, 0.1) is 0 Å². The maximum atomic E-state index is 11.9. The summed E-state index contributed by atoms with van der Waals surface area (Å²) < 4.78 is 5.61. The van der Waals surface area contributed by atoms with E-state index in [4.69, 9.17) is 4.74 Å². The number of aliphatic imine (C=N–C) groups is 1. The van der Waals surface area contributed by atoms with Crippen LogP contribution in [-0.4, -0.2) is 55.5 Å². The van der Waals surface area contributed by atoms with E-state index in [9.17, 15) is 4.79 Å². The van der Waals surface area contributed by atoms with Crippen molar-refractivity contribution in [2.45, 2.75) is 13.5 Å². The molecule has 0 aliphatic carbocycles. The molecule has 0 fully saturated rings. The summed E-state index contributed by atoms with van der Waals surface area (Å²) in [6, 6.07) is 11.2. The number of rotatable bonds is 8. The first-order valence-corrected chi connectivity index (χ1v) is 8.95. The molecule has 2 aromatic rings. The smallest absolute Gasteiger partial charge is 0.253 e. The third-order valence-electron chi connectivity index (χ3n) is 3.67. The molecular weight excluding hydrogens is 342 g/mol. The molecule has 0 aliphatic rings. The minimum Gasteiger partial charge on any atom is -0.490 e. The third-order valence-corrected chi connectivity index (χ3v) is 3.67. The number of ether oxygens (including phenoxy) is 1. The van der Waals surface area contributed by atoms with E-state index in [1.165, 1.54) is 0 Å². The summed E-state index contributed by atoms with van der Waals surface area (Å²) >= 11 is 0. The molecule has 0 atom stereocenters. The second-order valence-electron chi connectivity index (χ2n) is 6.06. The van der Waals surface area contributed by atoms with Crippen LogP contribution in [-0.2, 0) is 6.54 Å². The average molecular weight is 369 g/mol. The number of benzene rings is 1. The molecule has 1 amide bonds. The molecule has 7 nitrogen and oxygen atoms in total. The average Bonchev–Trinajstić information content (AvgIpc) is 2.69. The second kappa shape index (κ2) is 10.8. The number of carbonyl (C=O) groups excluding carboxylic acids is 1. The van der Waals surface area contributed by atoms with Gasteiger partial charge in [0.05, 0.1) is 19.3 Å². The van der Waals surface area contributed by atoms with Gasteiger partial charge in [0.15, 0.2) is 5.96 Å². The van der Waals surface area contributed by atoms with Crippen LogP contribution < -0.4 is 15.4 Å². The lowest BCUT2D eigenvalue weighted by molar-refractivity contribution is 0.0827. The molecule has 0 saturated carbocycles. The fourth-order valence-corrected chi connectivity index (χ4v) is 2.29. The van der Waals surface area contributed by atoms with Gasteiger partial charge in [-0.3, -0.25) is 9.78 Å². The predicted octanol–water partition coefficient (Wildman–Crippen LogP) is 1.92. The monoisotopic (exact) mass is 369 g/mol. The first kappa shape index (κ1) is 20.2. The molecule has 2 N–H and O–H groups in total. The molecule has 0 unspecified atom stereocenters. The fourth-order valence-electron chi connectivity index (χ4n) is 2.29. The summed E-state index contributed by atoms with van der Waals surface area (Å²) in [7, 11) is 3.49. The van der Waals surface area contributed by atoms with Crippen LogP contribution in [0.2, 0.25) is 0 Å². The zero-order valence-corrected chi connectivity index (χ0v) is 16.1. The van der Waals surface area contributed by atoms with E-state index < -0.39 is 0 Å². The Morgan fingerprint density at radius 1 is 1.19 bits per heavy atom. The van der Waals surface area contributed by atoms with Crippen molar-refractivity contribution in [3.8, 4) is 5.75 Å². The highest BCUT2D eigenvalue weighted by molar-refractivity contribution is 5.93. The van der Waals surface area contributed by atoms with Gasteiger partial charge in [-0.1, -0.05) is 12.1 Å². The van der Waals surface area contributed by atoms with Gasteiger partial charge < -0.3 is 20.3 Å². The summed E-state index contributed by atoms with van der Waals surface area (Å²) in [6.07, 6.45) is 3.40. The Morgan fingerprint density at radius 3 is 2.59 bits per heavy atom. The van der Waals surface area contributed by atoms with Crippen LogP contribution >= 0.6 is 0 Å². The third kappa shape index (κ3) is 6.97. The van der Waals surface area contributed by atoms with Crippen LogP contribution in [0.1, 0.15) is 22.8 Å². The molecule has 1 aromatic carbocycles. The molecule has 1 heterocycles. The number of amides is 1. The molecule has 0 radical (unpaired) electrons. The number of nitrogens with zero attached hydrogens (tertiary/aromatic N) is 3. The quantitative estimate of drug-likeness (QED) is 0.422. The molecular formula is C20H27N5O2. The number of pyridine rings is 1. The predicted molar refractivity (Wildman–Crippen MR) is 107 cm³/mol. The van der Waals surface area contributed by atoms with Crippen molar-refractivity contribution >= 4 is 11.9 Å². The summed E-state index contributed by atoms with van der Waals surface area (Å²) in [6.45, 7) is 4.44. The van der Waals surface area contributed by atoms with Gasteiger partial charge in [0, 0.05) is 32.4 Å². The summed E-state index contributed by atoms with van der Waals surface area (Å²) in [5.74, 6) is 1.46. The minimum absolute atomic E-state index is 0.00586. The summed E-state index contributed by atoms with van der Waals surface area (Å²) in [5.41, 5.74) is 1.71. The van der Waals surface area contributed by atoms with Crippen LogP contribution in [0.5, 0.6) is 5.75 Å². The van der Waals surface area contributed by atoms with Crippen molar-refractivity contribution in [2.24, 2.45) is 4.99 Å². The van der Waals surface area contributed by atoms with Gasteiger partial charge in [-0.2, -0.15) is 0 Å². The van der Waals surface area contributed by atoms with Gasteiger partial charge in [0.2, 0.25) is 0 Å². The Hall–Kier alpha value is -3.09. The molecule has 0 bridgehead atoms. The first-order chi connectivity index (χ1) is 13.1. The van der Waals surface area contributed by atoms with E-state index in [1.54, 1.807) is 31.4 Å². The highest BCUT2D eigenvalue weighted by Crippen LogP contribution is 2.08. The van der Waals surface area contributed by atoms with Gasteiger partial charge >= 0.3 is 0 Å². The standard InChI is InChI=1S/C20H27N5O2/c1-4-22-20(23-12-13-27-18-6-5-11-21-15-18)24-14-16-7-9-17(10-8-16)19(26)25(2)3/h5-11,15H,4,12-14H2,1-3H3,(H2,22,23,24). The largest absolute Gasteiger partial charge is 0.490 e. The fraction of sp³-hybridized carbons (Fsp3) is 0.350. The van der Waals surface area contributed by atoms with Crippen LogP contribution in [0.3, 0.4) is 0 Å². The first-order valence-electron chi connectivity index (χ1n) is 8.95. The SMILES string of the molecule is CCNC(=NCc1ccc(C(=O)N(C)C)cc1)NCCOc1cccnc1. The van der Waals surface area contributed by atoms with Crippen molar-refractivity contribution in [1.29, 1.82) is 0 Å². The van der Waals surface area contributed by atoms with Gasteiger partial charge in [-0.15, -0.1) is 0 Å². The second-order valence-corrected chi connectivity index (χ2v) is 6.06. The van der Waals surface area contributed by atoms with E-state index >= 15 is 0 Å². The Kier molecular flexibility index (Phi) is 8.09. The zero-order valence-electron chi connectivity index (χ0n) is 16.1. The molecule has 144 valence electrons. The van der Waals surface area contributed by atoms with Gasteiger partial charge in [0.1, 0.15) is 12.4 Å². The Balaban J connectivity index is 1.84. The number of aromatic nitrogens is 1. The van der Waals surface area contributed by atoms with Crippen molar-refractivity contribution in [3.63, 3.8) is 0 Å².